The van der Waals surface area contributed by atoms with E-state index >= 15 is 0 Å². The lowest BCUT2D eigenvalue weighted by molar-refractivity contribution is -0.119. The molecule has 0 radical (unpaired) electrons. The lowest BCUT2D eigenvalue weighted by Crippen LogP contribution is -2.34. The van der Waals surface area contributed by atoms with Crippen LogP contribution in [0.2, 0.25) is 0 Å². The summed E-state index contributed by atoms with van der Waals surface area (Å²) >= 11 is 0. The van der Waals surface area contributed by atoms with Crippen LogP contribution in [0.4, 0.5) is 0 Å². The molecule has 0 fully saturated rings. The fraction of sp³-hybridized carbons (Fsp3) is 0.188. The maximum Gasteiger partial charge on any atom is 0.233 e. The van der Waals surface area contributed by atoms with Gasteiger partial charge >= 0.3 is 0 Å². The molecule has 20 heavy (non-hydrogen) atoms. The van der Waals surface area contributed by atoms with Crippen molar-refractivity contribution in [1.82, 2.24) is 10.6 Å². The van der Waals surface area contributed by atoms with Crippen molar-refractivity contribution >= 4 is 5.91 Å². The molecule has 2 aromatic rings. The summed E-state index contributed by atoms with van der Waals surface area (Å²) in [4.78, 5) is 11.4. The average molecular weight is 270 g/mol. The summed E-state index contributed by atoms with van der Waals surface area (Å²) < 4.78 is 0. The van der Waals surface area contributed by atoms with Crippen molar-refractivity contribution < 1.29 is 9.90 Å². The van der Waals surface area contributed by atoms with Crippen LogP contribution in [0.1, 0.15) is 17.2 Å². The van der Waals surface area contributed by atoms with Crippen LogP contribution < -0.4 is 10.6 Å². The van der Waals surface area contributed by atoms with Crippen molar-refractivity contribution in [2.24, 2.45) is 0 Å². The molecule has 0 saturated heterocycles. The number of phenolic OH excluding ortho intramolecular Hbond substituents is 1. The van der Waals surface area contributed by atoms with Crippen LogP contribution in [0, 0.1) is 0 Å². The minimum absolute atomic E-state index is 0.0651. The summed E-state index contributed by atoms with van der Waals surface area (Å²) in [6.45, 7) is 0.233. The summed E-state index contributed by atoms with van der Waals surface area (Å²) in [5.41, 5.74) is 2.07. The fourth-order valence-corrected chi connectivity index (χ4v) is 2.02. The monoisotopic (exact) mass is 270 g/mol. The van der Waals surface area contributed by atoms with Crippen LogP contribution in [-0.4, -0.2) is 24.6 Å². The molecule has 1 amide bonds. The Morgan fingerprint density at radius 3 is 2.25 bits per heavy atom. The first-order valence-electron chi connectivity index (χ1n) is 6.48. The molecule has 0 aromatic heterocycles. The van der Waals surface area contributed by atoms with E-state index in [1.807, 2.05) is 42.5 Å². The maximum atomic E-state index is 11.4. The van der Waals surface area contributed by atoms with E-state index in [0.29, 0.717) is 0 Å². The van der Waals surface area contributed by atoms with Gasteiger partial charge in [-0.25, -0.2) is 0 Å². The molecule has 0 saturated carbocycles. The van der Waals surface area contributed by atoms with E-state index < -0.39 is 0 Å². The molecule has 1 unspecified atom stereocenters. The molecular weight excluding hydrogens is 252 g/mol. The first-order valence-corrected chi connectivity index (χ1v) is 6.48. The van der Waals surface area contributed by atoms with E-state index in [1.165, 1.54) is 0 Å². The first-order chi connectivity index (χ1) is 9.70. The highest BCUT2D eigenvalue weighted by Gasteiger charge is 2.14. The molecule has 0 heterocycles. The Kier molecular flexibility index (Phi) is 4.74. The van der Waals surface area contributed by atoms with E-state index in [-0.39, 0.29) is 24.2 Å². The van der Waals surface area contributed by atoms with E-state index in [2.05, 4.69) is 10.6 Å². The van der Waals surface area contributed by atoms with E-state index in [4.69, 9.17) is 0 Å². The number of hydrogen-bond donors (Lipinski definition) is 3. The van der Waals surface area contributed by atoms with Gasteiger partial charge in [-0.05, 0) is 23.3 Å². The molecule has 0 aliphatic heterocycles. The standard InChI is InChI=1S/C16H18N2O2/c1-17-15(20)11-18-16(12-5-3-2-4-6-12)13-7-9-14(19)10-8-13/h2-10,16,18-19H,11H2,1H3,(H,17,20). The Hall–Kier alpha value is -2.33. The van der Waals surface area contributed by atoms with Crippen LogP contribution in [0.15, 0.2) is 54.6 Å². The van der Waals surface area contributed by atoms with Crippen LogP contribution in [-0.2, 0) is 4.79 Å². The van der Waals surface area contributed by atoms with Crippen LogP contribution in [0.3, 0.4) is 0 Å². The molecule has 2 rings (SSSR count). The second-order valence-electron chi connectivity index (χ2n) is 4.49. The number of carbonyl (C=O) groups is 1. The molecule has 0 spiro atoms. The Balaban J connectivity index is 2.24. The summed E-state index contributed by atoms with van der Waals surface area (Å²) in [6.07, 6.45) is 0. The summed E-state index contributed by atoms with van der Waals surface area (Å²) in [6, 6.07) is 16.8. The number of carbonyl (C=O) groups excluding carboxylic acids is 1. The predicted octanol–water partition coefficient (Wildman–Crippen LogP) is 1.82. The Labute approximate surface area is 118 Å². The van der Waals surface area contributed by atoms with E-state index in [9.17, 15) is 9.90 Å². The van der Waals surface area contributed by atoms with Gasteiger partial charge < -0.3 is 10.4 Å². The minimum atomic E-state index is -0.0888. The lowest BCUT2D eigenvalue weighted by Gasteiger charge is -2.19. The Bertz CT molecular complexity index is 552. The summed E-state index contributed by atoms with van der Waals surface area (Å²) in [5.74, 6) is 0.163. The van der Waals surface area contributed by atoms with Gasteiger partial charge in [0, 0.05) is 7.05 Å². The van der Waals surface area contributed by atoms with E-state index in [0.717, 1.165) is 11.1 Å². The quantitative estimate of drug-likeness (QED) is 0.776. The number of likely N-dealkylation sites (N-methyl/N-ethyl adjacent to an activating group) is 1. The highest BCUT2D eigenvalue weighted by molar-refractivity contribution is 5.77. The van der Waals surface area contributed by atoms with Gasteiger partial charge in [-0.3, -0.25) is 10.1 Å². The number of nitrogens with one attached hydrogen (secondary N) is 2. The second kappa shape index (κ2) is 6.73. The highest BCUT2D eigenvalue weighted by atomic mass is 16.3. The van der Waals surface area contributed by atoms with Gasteiger partial charge in [-0.2, -0.15) is 0 Å². The van der Waals surface area contributed by atoms with Gasteiger partial charge in [-0.15, -0.1) is 0 Å². The minimum Gasteiger partial charge on any atom is -0.508 e. The Morgan fingerprint density at radius 2 is 1.65 bits per heavy atom. The first kappa shape index (κ1) is 14.1. The molecule has 3 N–H and O–H groups in total. The molecular formula is C16H18N2O2. The average Bonchev–Trinajstić information content (AvgIpc) is 2.50. The van der Waals surface area contributed by atoms with Crippen LogP contribution in [0.5, 0.6) is 5.75 Å². The zero-order valence-corrected chi connectivity index (χ0v) is 11.3. The van der Waals surface area contributed by atoms with Crippen molar-refractivity contribution in [3.63, 3.8) is 0 Å². The van der Waals surface area contributed by atoms with Crippen molar-refractivity contribution in [3.8, 4) is 5.75 Å². The van der Waals surface area contributed by atoms with Crippen LogP contribution >= 0.6 is 0 Å². The third kappa shape index (κ3) is 3.59. The molecule has 2 aromatic carbocycles. The SMILES string of the molecule is CNC(=O)CNC(c1ccccc1)c1ccc(O)cc1. The van der Waals surface area contributed by atoms with Gasteiger partial charge in [-0.1, -0.05) is 42.5 Å². The van der Waals surface area contributed by atoms with E-state index in [1.54, 1.807) is 19.2 Å². The molecule has 4 nitrogen and oxygen atoms in total. The molecule has 0 aliphatic rings. The number of phenols is 1. The van der Waals surface area contributed by atoms with Gasteiger partial charge in [0.25, 0.3) is 0 Å². The maximum absolute atomic E-state index is 11.4. The lowest BCUT2D eigenvalue weighted by atomic mass is 9.98. The van der Waals surface area contributed by atoms with Crippen molar-refractivity contribution in [3.05, 3.63) is 65.7 Å². The number of amides is 1. The topological polar surface area (TPSA) is 61.4 Å². The Morgan fingerprint density at radius 1 is 1.05 bits per heavy atom. The van der Waals surface area contributed by atoms with Gasteiger partial charge in [0.2, 0.25) is 5.91 Å². The predicted molar refractivity (Wildman–Crippen MR) is 78.5 cm³/mol. The number of rotatable bonds is 5. The molecule has 1 atom stereocenters. The molecule has 0 bridgehead atoms. The normalized spacial score (nSPS) is 11.8. The van der Waals surface area contributed by atoms with Crippen molar-refractivity contribution in [2.75, 3.05) is 13.6 Å². The zero-order chi connectivity index (χ0) is 14.4. The molecule has 104 valence electrons. The summed E-state index contributed by atoms with van der Waals surface area (Å²) in [7, 11) is 1.61. The van der Waals surface area contributed by atoms with Gasteiger partial charge in [0.05, 0.1) is 12.6 Å². The third-order valence-corrected chi connectivity index (χ3v) is 3.10. The molecule has 0 aliphatic carbocycles. The van der Waals surface area contributed by atoms with Crippen molar-refractivity contribution in [2.45, 2.75) is 6.04 Å². The zero-order valence-electron chi connectivity index (χ0n) is 11.3. The highest BCUT2D eigenvalue weighted by Crippen LogP contribution is 2.23. The third-order valence-electron chi connectivity index (χ3n) is 3.10. The second-order valence-corrected chi connectivity index (χ2v) is 4.49. The number of aromatic hydroxyl groups is 1. The van der Waals surface area contributed by atoms with Crippen LogP contribution in [0.25, 0.3) is 0 Å². The van der Waals surface area contributed by atoms with Crippen molar-refractivity contribution in [1.29, 1.82) is 0 Å². The van der Waals surface area contributed by atoms with Gasteiger partial charge in [0.15, 0.2) is 0 Å². The summed E-state index contributed by atoms with van der Waals surface area (Å²) in [5, 5.41) is 15.2. The largest absolute Gasteiger partial charge is 0.508 e. The number of benzene rings is 2. The number of hydrogen-bond acceptors (Lipinski definition) is 3. The fourth-order valence-electron chi connectivity index (χ4n) is 2.02. The smallest absolute Gasteiger partial charge is 0.233 e. The van der Waals surface area contributed by atoms with Gasteiger partial charge in [0.1, 0.15) is 5.75 Å². The molecule has 4 heteroatoms.